The largest absolute Gasteiger partial charge is 0.330 e. The van der Waals surface area contributed by atoms with E-state index in [0.717, 1.165) is 19.6 Å². The summed E-state index contributed by atoms with van der Waals surface area (Å²) < 4.78 is 2.01. The van der Waals surface area contributed by atoms with E-state index >= 15 is 0 Å². The molecule has 0 bridgehead atoms. The molecular formula is C13H24N4. The lowest BCUT2D eigenvalue weighted by atomic mass is 9.86. The van der Waals surface area contributed by atoms with E-state index in [-0.39, 0.29) is 0 Å². The van der Waals surface area contributed by atoms with E-state index in [9.17, 15) is 0 Å². The normalized spacial score (nSPS) is 26.3. The third-order valence-corrected chi connectivity index (χ3v) is 3.89. The van der Waals surface area contributed by atoms with Crippen LogP contribution in [0, 0.1) is 5.92 Å². The molecule has 2 heterocycles. The summed E-state index contributed by atoms with van der Waals surface area (Å²) in [6.45, 7) is 8.35. The molecule has 2 N–H and O–H groups in total. The number of piperidine rings is 1. The standard InChI is InChI=1S/C13H24N4/c1-3-16-7-5-6-11(8-14)13(16)12-9-15-17(4-2)10-12/h9-11,13H,3-8,14H2,1-2H3. The quantitative estimate of drug-likeness (QED) is 0.864. The monoisotopic (exact) mass is 236 g/mol. The van der Waals surface area contributed by atoms with Crippen LogP contribution in [0.1, 0.15) is 38.3 Å². The van der Waals surface area contributed by atoms with Crippen LogP contribution in [0.5, 0.6) is 0 Å². The molecule has 0 saturated carbocycles. The molecule has 1 fully saturated rings. The van der Waals surface area contributed by atoms with Crippen LogP contribution in [0.2, 0.25) is 0 Å². The highest BCUT2D eigenvalue weighted by Crippen LogP contribution is 2.34. The Morgan fingerprint density at radius 1 is 1.41 bits per heavy atom. The fourth-order valence-electron chi connectivity index (χ4n) is 2.94. The van der Waals surface area contributed by atoms with Gasteiger partial charge in [0.25, 0.3) is 0 Å². The second kappa shape index (κ2) is 5.65. The molecule has 4 heteroatoms. The van der Waals surface area contributed by atoms with Gasteiger partial charge in [-0.2, -0.15) is 5.10 Å². The van der Waals surface area contributed by atoms with Crippen molar-refractivity contribution in [3.8, 4) is 0 Å². The first kappa shape index (κ1) is 12.6. The molecule has 0 aliphatic carbocycles. The number of hydrogen-bond donors (Lipinski definition) is 1. The van der Waals surface area contributed by atoms with Crippen LogP contribution >= 0.6 is 0 Å². The van der Waals surface area contributed by atoms with Crippen molar-refractivity contribution in [3.63, 3.8) is 0 Å². The molecular weight excluding hydrogens is 212 g/mol. The van der Waals surface area contributed by atoms with Gasteiger partial charge in [0.15, 0.2) is 0 Å². The molecule has 1 aromatic heterocycles. The molecule has 17 heavy (non-hydrogen) atoms. The zero-order chi connectivity index (χ0) is 12.3. The third-order valence-electron chi connectivity index (χ3n) is 3.89. The van der Waals surface area contributed by atoms with Crippen LogP contribution < -0.4 is 5.73 Å². The second-order valence-corrected chi connectivity index (χ2v) is 4.84. The molecule has 2 atom stereocenters. The van der Waals surface area contributed by atoms with E-state index in [1.807, 2.05) is 10.9 Å². The lowest BCUT2D eigenvalue weighted by molar-refractivity contribution is 0.102. The number of nitrogens with two attached hydrogens (primary N) is 1. The van der Waals surface area contributed by atoms with Gasteiger partial charge in [-0.25, -0.2) is 0 Å². The first-order valence-corrected chi connectivity index (χ1v) is 6.76. The Morgan fingerprint density at radius 3 is 2.82 bits per heavy atom. The zero-order valence-corrected chi connectivity index (χ0v) is 11.0. The Bertz CT molecular complexity index is 335. The van der Waals surface area contributed by atoms with E-state index in [0.29, 0.717) is 12.0 Å². The van der Waals surface area contributed by atoms with Crippen LogP contribution in [-0.4, -0.2) is 34.3 Å². The molecule has 0 amide bonds. The number of aromatic nitrogens is 2. The van der Waals surface area contributed by atoms with Gasteiger partial charge in [0.2, 0.25) is 0 Å². The van der Waals surface area contributed by atoms with E-state index in [1.165, 1.54) is 24.9 Å². The maximum absolute atomic E-state index is 5.93. The lowest BCUT2D eigenvalue weighted by Crippen LogP contribution is -2.41. The summed E-state index contributed by atoms with van der Waals surface area (Å²) in [7, 11) is 0. The Hall–Kier alpha value is -0.870. The molecule has 2 rings (SSSR count). The van der Waals surface area contributed by atoms with Crippen molar-refractivity contribution in [1.82, 2.24) is 14.7 Å². The smallest absolute Gasteiger partial charge is 0.0537 e. The Labute approximate surface area is 104 Å². The Morgan fingerprint density at radius 2 is 2.24 bits per heavy atom. The average Bonchev–Trinajstić information content (AvgIpc) is 2.86. The minimum atomic E-state index is 0.471. The van der Waals surface area contributed by atoms with Crippen molar-refractivity contribution in [2.75, 3.05) is 19.6 Å². The fraction of sp³-hybridized carbons (Fsp3) is 0.769. The molecule has 1 aromatic rings. The van der Waals surface area contributed by atoms with Gasteiger partial charge in [0.05, 0.1) is 6.20 Å². The van der Waals surface area contributed by atoms with Crippen molar-refractivity contribution in [2.45, 2.75) is 39.3 Å². The minimum absolute atomic E-state index is 0.471. The molecule has 96 valence electrons. The molecule has 1 saturated heterocycles. The summed E-state index contributed by atoms with van der Waals surface area (Å²) in [4.78, 5) is 2.54. The molecule has 0 spiro atoms. The van der Waals surface area contributed by atoms with Gasteiger partial charge < -0.3 is 5.73 Å². The van der Waals surface area contributed by atoms with Crippen LogP contribution in [0.25, 0.3) is 0 Å². The molecule has 2 unspecified atom stereocenters. The molecule has 0 aromatic carbocycles. The van der Waals surface area contributed by atoms with Crippen molar-refractivity contribution >= 4 is 0 Å². The van der Waals surface area contributed by atoms with Gasteiger partial charge in [0, 0.05) is 24.3 Å². The van der Waals surface area contributed by atoms with Crippen LogP contribution in [0.3, 0.4) is 0 Å². The number of aryl methyl sites for hydroxylation is 1. The fourth-order valence-corrected chi connectivity index (χ4v) is 2.94. The number of rotatable bonds is 4. The zero-order valence-electron chi connectivity index (χ0n) is 11.0. The molecule has 1 aliphatic heterocycles. The van der Waals surface area contributed by atoms with Gasteiger partial charge in [0.1, 0.15) is 0 Å². The highest BCUT2D eigenvalue weighted by molar-refractivity contribution is 5.13. The van der Waals surface area contributed by atoms with E-state index in [1.54, 1.807) is 0 Å². The maximum atomic E-state index is 5.93. The van der Waals surface area contributed by atoms with Crippen molar-refractivity contribution in [1.29, 1.82) is 0 Å². The summed E-state index contributed by atoms with van der Waals surface area (Å²) in [6, 6.07) is 0.471. The van der Waals surface area contributed by atoms with Gasteiger partial charge >= 0.3 is 0 Å². The number of hydrogen-bond acceptors (Lipinski definition) is 3. The first-order valence-electron chi connectivity index (χ1n) is 6.76. The predicted molar refractivity (Wildman–Crippen MR) is 69.7 cm³/mol. The van der Waals surface area contributed by atoms with Gasteiger partial charge in [-0.15, -0.1) is 0 Å². The first-order chi connectivity index (χ1) is 8.30. The maximum Gasteiger partial charge on any atom is 0.0537 e. The van der Waals surface area contributed by atoms with E-state index in [2.05, 4.69) is 30.0 Å². The highest BCUT2D eigenvalue weighted by atomic mass is 15.3. The molecule has 4 nitrogen and oxygen atoms in total. The van der Waals surface area contributed by atoms with Crippen molar-refractivity contribution in [3.05, 3.63) is 18.0 Å². The van der Waals surface area contributed by atoms with Crippen molar-refractivity contribution in [2.24, 2.45) is 11.7 Å². The van der Waals surface area contributed by atoms with Gasteiger partial charge in [-0.1, -0.05) is 6.92 Å². The Balaban J connectivity index is 2.23. The predicted octanol–water partition coefficient (Wildman–Crippen LogP) is 1.63. The second-order valence-electron chi connectivity index (χ2n) is 4.84. The van der Waals surface area contributed by atoms with Gasteiger partial charge in [-0.05, 0) is 45.3 Å². The summed E-state index contributed by atoms with van der Waals surface area (Å²) in [5.41, 5.74) is 7.27. The van der Waals surface area contributed by atoms with Crippen molar-refractivity contribution < 1.29 is 0 Å². The topological polar surface area (TPSA) is 47.1 Å². The van der Waals surface area contributed by atoms with E-state index < -0.39 is 0 Å². The molecule has 0 radical (unpaired) electrons. The summed E-state index contributed by atoms with van der Waals surface area (Å²) in [5.74, 6) is 0.582. The van der Waals surface area contributed by atoms with Crippen LogP contribution in [0.4, 0.5) is 0 Å². The molecule has 1 aliphatic rings. The summed E-state index contributed by atoms with van der Waals surface area (Å²) in [5, 5.41) is 4.40. The summed E-state index contributed by atoms with van der Waals surface area (Å²) in [6.07, 6.45) is 6.72. The Kier molecular flexibility index (Phi) is 4.18. The third kappa shape index (κ3) is 2.53. The SMILES string of the molecule is CCN1CCCC(CN)C1c1cnn(CC)c1. The van der Waals surface area contributed by atoms with E-state index in [4.69, 9.17) is 5.73 Å². The van der Waals surface area contributed by atoms with Crippen LogP contribution in [0.15, 0.2) is 12.4 Å². The summed E-state index contributed by atoms with van der Waals surface area (Å²) >= 11 is 0. The van der Waals surface area contributed by atoms with Crippen LogP contribution in [-0.2, 0) is 6.54 Å². The highest BCUT2D eigenvalue weighted by Gasteiger charge is 2.31. The average molecular weight is 236 g/mol. The number of nitrogens with zero attached hydrogens (tertiary/aromatic N) is 3. The lowest BCUT2D eigenvalue weighted by Gasteiger charge is -2.40. The number of likely N-dealkylation sites (tertiary alicyclic amines) is 1. The minimum Gasteiger partial charge on any atom is -0.330 e. The van der Waals surface area contributed by atoms with Gasteiger partial charge in [-0.3, -0.25) is 9.58 Å².